The van der Waals surface area contributed by atoms with E-state index < -0.39 is 5.60 Å². The Hall–Kier alpha value is -1.75. The largest absolute Gasteiger partial charge is 0.475 e. The third-order valence-electron chi connectivity index (χ3n) is 4.37. The normalized spacial score (nSPS) is 16.6. The Morgan fingerprint density at radius 3 is 2.55 bits per heavy atom. The molecule has 0 aliphatic carbocycles. The van der Waals surface area contributed by atoms with Gasteiger partial charge in [0, 0.05) is 6.54 Å². The van der Waals surface area contributed by atoms with Crippen molar-refractivity contribution in [3.63, 3.8) is 0 Å². The molecule has 1 aromatic rings. The Morgan fingerprint density at radius 2 is 1.95 bits per heavy atom. The topological polar surface area (TPSA) is 58.8 Å². The van der Waals surface area contributed by atoms with Gasteiger partial charge in [-0.05, 0) is 52.0 Å². The average Bonchev–Trinajstić information content (AvgIpc) is 2.49. The highest BCUT2D eigenvalue weighted by molar-refractivity contribution is 6.05. The minimum atomic E-state index is -0.765. The third-order valence-corrected chi connectivity index (χ3v) is 4.37. The van der Waals surface area contributed by atoms with Crippen molar-refractivity contribution in [2.24, 2.45) is 0 Å². The lowest BCUT2D eigenvalue weighted by atomic mass is 9.92. The summed E-state index contributed by atoms with van der Waals surface area (Å²) in [6.07, 6.45) is 2.21. The van der Waals surface area contributed by atoms with Gasteiger partial charge in [-0.15, -0.1) is 0 Å². The predicted octanol–water partition coefficient (Wildman–Crippen LogP) is 2.50. The number of hydrogen-bond donors (Lipinski definition) is 1. The lowest BCUT2D eigenvalue weighted by Crippen LogP contribution is -2.56. The van der Waals surface area contributed by atoms with E-state index in [9.17, 15) is 4.79 Å². The smallest absolute Gasteiger partial charge is 0.271 e. The fourth-order valence-corrected chi connectivity index (χ4v) is 2.97. The molecule has 1 amide bonds. The number of ether oxygens (including phenoxy) is 1. The number of amides is 1. The molecule has 1 aromatic carbocycles. The molecule has 0 fully saturated rings. The number of nitrogens with zero attached hydrogens (tertiary/aromatic N) is 2. The summed E-state index contributed by atoms with van der Waals surface area (Å²) in [6.45, 7) is 5.58. The van der Waals surface area contributed by atoms with E-state index in [1.807, 2.05) is 51.0 Å². The van der Waals surface area contributed by atoms with Crippen molar-refractivity contribution in [1.82, 2.24) is 4.90 Å². The van der Waals surface area contributed by atoms with Gasteiger partial charge >= 0.3 is 0 Å². The molecule has 22 heavy (non-hydrogen) atoms. The molecule has 5 heteroatoms. The second-order valence-electron chi connectivity index (χ2n) is 6.11. The first-order valence-corrected chi connectivity index (χ1v) is 7.99. The molecule has 2 rings (SSSR count). The average molecular weight is 305 g/mol. The molecule has 0 atom stereocenters. The number of hydrogen-bond acceptors (Lipinski definition) is 4. The molecular weight excluding hydrogens is 278 g/mol. The van der Waals surface area contributed by atoms with E-state index >= 15 is 0 Å². The van der Waals surface area contributed by atoms with Gasteiger partial charge in [0.1, 0.15) is 11.4 Å². The van der Waals surface area contributed by atoms with Gasteiger partial charge in [-0.3, -0.25) is 4.79 Å². The number of carbonyl (C=O) groups is 1. The number of fused-ring (bicyclic) bond motifs is 1. The zero-order chi connectivity index (χ0) is 16.3. The van der Waals surface area contributed by atoms with Gasteiger partial charge in [-0.2, -0.15) is 0 Å². The van der Waals surface area contributed by atoms with Crippen LogP contribution >= 0.6 is 0 Å². The highest BCUT2D eigenvalue weighted by Crippen LogP contribution is 2.43. The van der Waals surface area contributed by atoms with E-state index in [0.717, 1.165) is 18.7 Å². The van der Waals surface area contributed by atoms with E-state index in [0.29, 0.717) is 30.8 Å². The van der Waals surface area contributed by atoms with Crippen LogP contribution in [0.25, 0.3) is 0 Å². The molecule has 0 unspecified atom stereocenters. The summed E-state index contributed by atoms with van der Waals surface area (Å²) in [5, 5.41) is 0. The number of carbonyl (C=O) groups excluding carboxylic acids is 1. The highest BCUT2D eigenvalue weighted by Gasteiger charge is 2.46. The first kappa shape index (κ1) is 16.6. The monoisotopic (exact) mass is 305 g/mol. The number of nitrogen functional groups attached to an aromatic ring is 1. The second-order valence-corrected chi connectivity index (χ2v) is 6.11. The molecule has 1 aliphatic heterocycles. The first-order chi connectivity index (χ1) is 10.4. The van der Waals surface area contributed by atoms with Gasteiger partial charge in [-0.25, -0.2) is 0 Å². The fraction of sp³-hybridized carbons (Fsp3) is 0.588. The van der Waals surface area contributed by atoms with Crippen LogP contribution in [0, 0.1) is 0 Å². The molecule has 0 bridgehead atoms. The van der Waals surface area contributed by atoms with Crippen LogP contribution in [0.15, 0.2) is 18.2 Å². The molecule has 0 saturated heterocycles. The molecule has 0 radical (unpaired) electrons. The van der Waals surface area contributed by atoms with Crippen molar-refractivity contribution in [3.05, 3.63) is 18.2 Å². The maximum atomic E-state index is 13.0. The minimum Gasteiger partial charge on any atom is -0.475 e. The Kier molecular flexibility index (Phi) is 4.96. The third kappa shape index (κ3) is 2.90. The van der Waals surface area contributed by atoms with Crippen LogP contribution in [0.3, 0.4) is 0 Å². The number of para-hydroxylation sites is 1. The molecule has 0 saturated carbocycles. The van der Waals surface area contributed by atoms with Crippen LogP contribution in [0.5, 0.6) is 5.75 Å². The molecule has 5 nitrogen and oxygen atoms in total. The predicted molar refractivity (Wildman–Crippen MR) is 90.3 cm³/mol. The number of anilines is 2. The summed E-state index contributed by atoms with van der Waals surface area (Å²) in [5.74, 6) is 0.745. The lowest BCUT2D eigenvalue weighted by molar-refractivity contribution is -0.136. The maximum Gasteiger partial charge on any atom is 0.271 e. The van der Waals surface area contributed by atoms with E-state index in [4.69, 9.17) is 10.5 Å². The molecule has 1 aliphatic rings. The molecular formula is C17H27N3O2. The van der Waals surface area contributed by atoms with Gasteiger partial charge in [0.15, 0.2) is 5.60 Å². The summed E-state index contributed by atoms with van der Waals surface area (Å²) in [5.41, 5.74) is 6.67. The zero-order valence-corrected chi connectivity index (χ0v) is 14.1. The molecule has 2 N–H and O–H groups in total. The fourth-order valence-electron chi connectivity index (χ4n) is 2.97. The van der Waals surface area contributed by atoms with Crippen LogP contribution < -0.4 is 15.4 Å². The van der Waals surface area contributed by atoms with Crippen LogP contribution in [-0.4, -0.2) is 43.6 Å². The van der Waals surface area contributed by atoms with E-state index in [-0.39, 0.29) is 5.91 Å². The quantitative estimate of drug-likeness (QED) is 0.820. The Labute approximate surface area is 133 Å². The second kappa shape index (κ2) is 6.57. The van der Waals surface area contributed by atoms with E-state index in [1.54, 1.807) is 0 Å². The Morgan fingerprint density at radius 1 is 1.27 bits per heavy atom. The molecule has 0 aromatic heterocycles. The number of rotatable bonds is 6. The van der Waals surface area contributed by atoms with Gasteiger partial charge in [0.2, 0.25) is 0 Å². The molecule has 0 spiro atoms. The summed E-state index contributed by atoms with van der Waals surface area (Å²) in [6, 6.07) is 5.59. The minimum absolute atomic E-state index is 0.0293. The van der Waals surface area contributed by atoms with Crippen molar-refractivity contribution >= 4 is 17.3 Å². The SMILES string of the molecule is CCC1(CC)Oc2cccc(N)c2N(CCCN(C)C)C1=O. The van der Waals surface area contributed by atoms with Gasteiger partial charge in [0.05, 0.1) is 5.69 Å². The van der Waals surface area contributed by atoms with E-state index in [1.165, 1.54) is 0 Å². The van der Waals surface area contributed by atoms with Crippen LogP contribution in [0.4, 0.5) is 11.4 Å². The van der Waals surface area contributed by atoms with Crippen molar-refractivity contribution in [2.45, 2.75) is 38.7 Å². The standard InChI is InChI=1S/C17H27N3O2/c1-5-17(6-2)16(21)20(12-8-11-19(3)4)15-13(18)9-7-10-14(15)22-17/h7,9-10H,5-6,8,11-12,18H2,1-4H3. The van der Waals surface area contributed by atoms with Gasteiger partial charge in [0.25, 0.3) is 5.91 Å². The van der Waals surface area contributed by atoms with Crippen molar-refractivity contribution < 1.29 is 9.53 Å². The van der Waals surface area contributed by atoms with Gasteiger partial charge in [-0.1, -0.05) is 19.9 Å². The van der Waals surface area contributed by atoms with Crippen molar-refractivity contribution in [2.75, 3.05) is 37.8 Å². The highest BCUT2D eigenvalue weighted by atomic mass is 16.5. The van der Waals surface area contributed by atoms with Crippen LogP contribution in [-0.2, 0) is 4.79 Å². The number of benzene rings is 1. The van der Waals surface area contributed by atoms with Crippen LogP contribution in [0.1, 0.15) is 33.1 Å². The van der Waals surface area contributed by atoms with Crippen molar-refractivity contribution in [3.8, 4) is 5.75 Å². The number of nitrogens with two attached hydrogens (primary N) is 1. The maximum absolute atomic E-state index is 13.0. The summed E-state index contributed by atoms with van der Waals surface area (Å²) in [7, 11) is 4.07. The van der Waals surface area contributed by atoms with Gasteiger partial charge < -0.3 is 20.3 Å². The van der Waals surface area contributed by atoms with Crippen LogP contribution in [0.2, 0.25) is 0 Å². The summed E-state index contributed by atoms with van der Waals surface area (Å²) >= 11 is 0. The zero-order valence-electron chi connectivity index (χ0n) is 14.1. The summed E-state index contributed by atoms with van der Waals surface area (Å²) in [4.78, 5) is 17.0. The molecule has 122 valence electrons. The Bertz CT molecular complexity index is 539. The first-order valence-electron chi connectivity index (χ1n) is 7.99. The van der Waals surface area contributed by atoms with Crippen molar-refractivity contribution in [1.29, 1.82) is 0 Å². The Balaban J connectivity index is 2.38. The summed E-state index contributed by atoms with van der Waals surface area (Å²) < 4.78 is 6.09. The van der Waals surface area contributed by atoms with E-state index in [2.05, 4.69) is 4.90 Å². The molecule has 1 heterocycles. The lowest BCUT2D eigenvalue weighted by Gasteiger charge is -2.42.